The van der Waals surface area contributed by atoms with Crippen molar-refractivity contribution in [2.24, 2.45) is 0 Å². The Morgan fingerprint density at radius 1 is 1.26 bits per heavy atom. The molecule has 19 heavy (non-hydrogen) atoms. The van der Waals surface area contributed by atoms with E-state index in [1.165, 1.54) is 0 Å². The number of benzene rings is 1. The Labute approximate surface area is 111 Å². The van der Waals surface area contributed by atoms with Gasteiger partial charge in [-0.05, 0) is 24.6 Å². The van der Waals surface area contributed by atoms with Crippen LogP contribution in [-0.2, 0) is 13.1 Å². The zero-order valence-corrected chi connectivity index (χ0v) is 11.0. The fourth-order valence-electron chi connectivity index (χ4n) is 1.67. The van der Waals surface area contributed by atoms with E-state index in [2.05, 4.69) is 25.9 Å². The molecule has 0 saturated carbocycles. The number of nitrogens with zero attached hydrogens (tertiary/aromatic N) is 3. The molecule has 0 aliphatic heterocycles. The number of methoxy groups -OCH3 is 1. The highest BCUT2D eigenvalue weighted by Crippen LogP contribution is 2.27. The lowest BCUT2D eigenvalue weighted by atomic mass is 10.2. The SMILES string of the molecule is CCOc1ccc(CNCc2nn[nH]n2)cc1OC. The van der Waals surface area contributed by atoms with E-state index in [-0.39, 0.29) is 0 Å². The first-order valence-corrected chi connectivity index (χ1v) is 6.06. The first-order valence-electron chi connectivity index (χ1n) is 6.06. The summed E-state index contributed by atoms with van der Waals surface area (Å²) >= 11 is 0. The number of tetrazole rings is 1. The van der Waals surface area contributed by atoms with Crippen LogP contribution in [0.2, 0.25) is 0 Å². The Morgan fingerprint density at radius 2 is 2.16 bits per heavy atom. The van der Waals surface area contributed by atoms with Gasteiger partial charge in [0.1, 0.15) is 0 Å². The van der Waals surface area contributed by atoms with Crippen LogP contribution in [0.15, 0.2) is 18.2 Å². The van der Waals surface area contributed by atoms with Crippen molar-refractivity contribution in [3.8, 4) is 11.5 Å². The zero-order valence-electron chi connectivity index (χ0n) is 11.0. The van der Waals surface area contributed by atoms with Crippen LogP contribution in [0.1, 0.15) is 18.3 Å². The van der Waals surface area contributed by atoms with Gasteiger partial charge in [-0.1, -0.05) is 11.3 Å². The van der Waals surface area contributed by atoms with Gasteiger partial charge in [-0.25, -0.2) is 0 Å². The van der Waals surface area contributed by atoms with Crippen molar-refractivity contribution < 1.29 is 9.47 Å². The van der Waals surface area contributed by atoms with Crippen LogP contribution < -0.4 is 14.8 Å². The summed E-state index contributed by atoms with van der Waals surface area (Å²) in [5.74, 6) is 2.13. The summed E-state index contributed by atoms with van der Waals surface area (Å²) in [7, 11) is 1.63. The summed E-state index contributed by atoms with van der Waals surface area (Å²) < 4.78 is 10.8. The molecule has 0 aliphatic carbocycles. The lowest BCUT2D eigenvalue weighted by molar-refractivity contribution is 0.310. The van der Waals surface area contributed by atoms with Gasteiger partial charge in [-0.15, -0.1) is 10.2 Å². The molecular weight excluding hydrogens is 246 g/mol. The summed E-state index contributed by atoms with van der Waals surface area (Å²) in [5, 5.41) is 16.9. The van der Waals surface area contributed by atoms with Gasteiger partial charge in [-0.2, -0.15) is 5.21 Å². The molecule has 0 radical (unpaired) electrons. The molecule has 0 spiro atoms. The summed E-state index contributed by atoms with van der Waals surface area (Å²) in [5.41, 5.74) is 1.10. The molecule has 7 nitrogen and oxygen atoms in total. The van der Waals surface area contributed by atoms with Crippen LogP contribution in [0, 0.1) is 0 Å². The quantitative estimate of drug-likeness (QED) is 0.772. The maximum absolute atomic E-state index is 5.47. The molecule has 1 heterocycles. The Morgan fingerprint density at radius 3 is 2.84 bits per heavy atom. The second-order valence-electron chi connectivity index (χ2n) is 3.85. The number of aromatic nitrogens is 4. The fourth-order valence-corrected chi connectivity index (χ4v) is 1.67. The number of H-pyrrole nitrogens is 1. The summed E-state index contributed by atoms with van der Waals surface area (Å²) in [6.07, 6.45) is 0. The van der Waals surface area contributed by atoms with Crippen molar-refractivity contribution in [2.45, 2.75) is 20.0 Å². The predicted octanol–water partition coefficient (Wildman–Crippen LogP) is 0.897. The minimum atomic E-state index is 0.562. The second kappa shape index (κ2) is 6.69. The topological polar surface area (TPSA) is 85.0 Å². The predicted molar refractivity (Wildman–Crippen MR) is 68.9 cm³/mol. The molecule has 7 heteroatoms. The average molecular weight is 263 g/mol. The Bertz CT molecular complexity index is 501. The molecule has 2 aromatic rings. The van der Waals surface area contributed by atoms with Crippen molar-refractivity contribution >= 4 is 0 Å². The Kier molecular flexibility index (Phi) is 4.68. The van der Waals surface area contributed by atoms with Crippen LogP contribution >= 0.6 is 0 Å². The maximum atomic E-state index is 5.47. The van der Waals surface area contributed by atoms with Gasteiger partial charge in [0.15, 0.2) is 17.3 Å². The molecule has 0 amide bonds. The Hall–Kier alpha value is -2.15. The first kappa shape index (κ1) is 13.3. The van der Waals surface area contributed by atoms with E-state index in [0.29, 0.717) is 25.5 Å². The largest absolute Gasteiger partial charge is 0.493 e. The third-order valence-electron chi connectivity index (χ3n) is 2.53. The molecule has 0 atom stereocenters. The van der Waals surface area contributed by atoms with E-state index in [1.807, 2.05) is 25.1 Å². The van der Waals surface area contributed by atoms with E-state index >= 15 is 0 Å². The van der Waals surface area contributed by atoms with Crippen molar-refractivity contribution in [3.05, 3.63) is 29.6 Å². The van der Waals surface area contributed by atoms with Crippen LogP contribution in [-0.4, -0.2) is 34.3 Å². The zero-order chi connectivity index (χ0) is 13.5. The first-order chi connectivity index (χ1) is 9.33. The normalized spacial score (nSPS) is 10.4. The van der Waals surface area contributed by atoms with Crippen molar-refractivity contribution in [3.63, 3.8) is 0 Å². The van der Waals surface area contributed by atoms with Crippen molar-refractivity contribution in [1.82, 2.24) is 25.9 Å². The summed E-state index contributed by atoms with van der Waals surface area (Å²) in [6, 6.07) is 5.86. The van der Waals surface area contributed by atoms with Crippen molar-refractivity contribution in [1.29, 1.82) is 0 Å². The number of hydrogen-bond donors (Lipinski definition) is 2. The molecule has 0 saturated heterocycles. The highest BCUT2D eigenvalue weighted by atomic mass is 16.5. The van der Waals surface area contributed by atoms with Crippen LogP contribution in [0.4, 0.5) is 0 Å². The number of ether oxygens (including phenoxy) is 2. The van der Waals surface area contributed by atoms with Crippen LogP contribution in [0.25, 0.3) is 0 Å². The minimum Gasteiger partial charge on any atom is -0.493 e. The fraction of sp³-hybridized carbons (Fsp3) is 0.417. The monoisotopic (exact) mass is 263 g/mol. The smallest absolute Gasteiger partial charge is 0.188 e. The lowest BCUT2D eigenvalue weighted by Crippen LogP contribution is -2.14. The van der Waals surface area contributed by atoms with E-state index in [0.717, 1.165) is 17.1 Å². The summed E-state index contributed by atoms with van der Waals surface area (Å²) in [6.45, 7) is 3.81. The van der Waals surface area contributed by atoms with Gasteiger partial charge in [0.2, 0.25) is 0 Å². The lowest BCUT2D eigenvalue weighted by Gasteiger charge is -2.11. The molecule has 1 aromatic heterocycles. The third kappa shape index (κ3) is 3.65. The van der Waals surface area contributed by atoms with Crippen molar-refractivity contribution in [2.75, 3.05) is 13.7 Å². The van der Waals surface area contributed by atoms with Gasteiger partial charge in [0, 0.05) is 6.54 Å². The van der Waals surface area contributed by atoms with E-state index in [9.17, 15) is 0 Å². The number of nitrogens with one attached hydrogen (secondary N) is 2. The standard InChI is InChI=1S/C12H17N5O2/c1-3-19-10-5-4-9(6-11(10)18-2)7-13-8-12-14-16-17-15-12/h4-6,13H,3,7-8H2,1-2H3,(H,14,15,16,17). The highest BCUT2D eigenvalue weighted by molar-refractivity contribution is 5.42. The molecular formula is C12H17N5O2. The van der Waals surface area contributed by atoms with E-state index < -0.39 is 0 Å². The molecule has 2 rings (SSSR count). The highest BCUT2D eigenvalue weighted by Gasteiger charge is 2.05. The van der Waals surface area contributed by atoms with Gasteiger partial charge in [0.25, 0.3) is 0 Å². The summed E-state index contributed by atoms with van der Waals surface area (Å²) in [4.78, 5) is 0. The molecule has 0 fully saturated rings. The molecule has 0 bridgehead atoms. The maximum Gasteiger partial charge on any atom is 0.188 e. The minimum absolute atomic E-state index is 0.562. The average Bonchev–Trinajstić information content (AvgIpc) is 2.94. The Balaban J connectivity index is 1.93. The molecule has 102 valence electrons. The number of aromatic amines is 1. The molecule has 0 aliphatic rings. The van der Waals surface area contributed by atoms with Gasteiger partial charge < -0.3 is 14.8 Å². The molecule has 0 unspecified atom stereocenters. The molecule has 2 N–H and O–H groups in total. The van der Waals surface area contributed by atoms with Crippen LogP contribution in [0.5, 0.6) is 11.5 Å². The van der Waals surface area contributed by atoms with Gasteiger partial charge in [0.05, 0.1) is 20.3 Å². The van der Waals surface area contributed by atoms with Gasteiger partial charge in [-0.3, -0.25) is 0 Å². The van der Waals surface area contributed by atoms with E-state index in [1.54, 1.807) is 7.11 Å². The second-order valence-corrected chi connectivity index (χ2v) is 3.85. The number of hydrogen-bond acceptors (Lipinski definition) is 6. The molecule has 1 aromatic carbocycles. The third-order valence-corrected chi connectivity index (χ3v) is 2.53. The number of rotatable bonds is 7. The van der Waals surface area contributed by atoms with E-state index in [4.69, 9.17) is 9.47 Å². The van der Waals surface area contributed by atoms with Crippen LogP contribution in [0.3, 0.4) is 0 Å². The van der Waals surface area contributed by atoms with Gasteiger partial charge >= 0.3 is 0 Å².